The molecule has 3 fully saturated rings. The second kappa shape index (κ2) is 15.6. The number of phenols is 1. The Hall–Kier alpha value is -5.47. The lowest BCUT2D eigenvalue weighted by molar-refractivity contribution is -0.136. The predicted octanol–water partition coefficient (Wildman–Crippen LogP) is 3.51. The van der Waals surface area contributed by atoms with Crippen LogP contribution in [0.15, 0.2) is 53.6 Å². The number of aromatic nitrogens is 2. The molecule has 0 radical (unpaired) electrons. The number of piperidine rings is 2. The minimum absolute atomic E-state index is 0.138. The van der Waals surface area contributed by atoms with Crippen LogP contribution in [0.1, 0.15) is 53.6 Å². The van der Waals surface area contributed by atoms with Crippen LogP contribution in [0.4, 0.5) is 5.69 Å². The van der Waals surface area contributed by atoms with Crippen LogP contribution in [-0.2, 0) is 29.7 Å². The molecule has 4 aliphatic rings. The number of hydrogen-bond donors (Lipinski definition) is 2. The van der Waals surface area contributed by atoms with Gasteiger partial charge in [-0.2, -0.15) is 0 Å². The summed E-state index contributed by atoms with van der Waals surface area (Å²) in [5, 5.41) is 14.9. The number of nitrogens with one attached hydrogen (secondary N) is 1. The van der Waals surface area contributed by atoms with Crippen LogP contribution in [0.5, 0.6) is 17.4 Å². The van der Waals surface area contributed by atoms with Crippen molar-refractivity contribution in [2.45, 2.75) is 51.2 Å². The summed E-state index contributed by atoms with van der Waals surface area (Å²) in [5.41, 5.74) is 4.79. The van der Waals surface area contributed by atoms with E-state index in [1.165, 1.54) is 17.9 Å². The maximum absolute atomic E-state index is 13.1. The molecule has 294 valence electrons. The van der Waals surface area contributed by atoms with Crippen molar-refractivity contribution in [2.24, 2.45) is 13.0 Å². The highest BCUT2D eigenvalue weighted by atomic mass is 16.5. The first-order chi connectivity index (χ1) is 27.1. The lowest BCUT2D eigenvalue weighted by Gasteiger charge is -2.37. The molecule has 2 aromatic carbocycles. The number of piperazine rings is 1. The van der Waals surface area contributed by atoms with Gasteiger partial charge >= 0.3 is 0 Å². The molecule has 0 aliphatic carbocycles. The van der Waals surface area contributed by atoms with Gasteiger partial charge in [0, 0.05) is 112 Å². The summed E-state index contributed by atoms with van der Waals surface area (Å²) in [7, 11) is 4.85. The van der Waals surface area contributed by atoms with E-state index in [0.29, 0.717) is 53.4 Å². The van der Waals surface area contributed by atoms with E-state index in [9.17, 15) is 24.3 Å². The number of aryl methyl sites for hydroxylation is 1. The highest BCUT2D eigenvalue weighted by Crippen LogP contribution is 2.38. The minimum Gasteiger partial charge on any atom is -0.507 e. The van der Waals surface area contributed by atoms with Crippen molar-refractivity contribution in [3.8, 4) is 28.5 Å². The molecule has 0 saturated carbocycles. The van der Waals surface area contributed by atoms with Crippen LogP contribution in [0.25, 0.3) is 21.9 Å². The number of carbonyl (C=O) groups excluding carboxylic acids is 3. The second-order valence-electron chi connectivity index (χ2n) is 15.5. The van der Waals surface area contributed by atoms with E-state index in [1.807, 2.05) is 18.2 Å². The first-order valence-electron chi connectivity index (χ1n) is 19.5. The first kappa shape index (κ1) is 37.5. The second-order valence-corrected chi connectivity index (χ2v) is 15.5. The molecule has 14 nitrogen and oxygen atoms in total. The van der Waals surface area contributed by atoms with Gasteiger partial charge in [-0.05, 0) is 79.6 Å². The number of pyridine rings is 2. The quantitative estimate of drug-likeness (QED) is 0.229. The zero-order valence-electron chi connectivity index (χ0n) is 32.3. The van der Waals surface area contributed by atoms with Gasteiger partial charge < -0.3 is 33.8 Å². The number of carbonyl (C=O) groups is 3. The van der Waals surface area contributed by atoms with Gasteiger partial charge in [-0.1, -0.05) is 0 Å². The van der Waals surface area contributed by atoms with E-state index in [-0.39, 0.29) is 35.5 Å². The molecule has 0 bridgehead atoms. The number of imide groups is 1. The Bertz CT molecular complexity index is 2240. The zero-order valence-corrected chi connectivity index (χ0v) is 32.3. The Morgan fingerprint density at radius 1 is 0.875 bits per heavy atom. The van der Waals surface area contributed by atoms with E-state index < -0.39 is 6.04 Å². The van der Waals surface area contributed by atoms with Crippen molar-refractivity contribution >= 4 is 34.2 Å². The van der Waals surface area contributed by atoms with Crippen molar-refractivity contribution in [1.29, 1.82) is 0 Å². The summed E-state index contributed by atoms with van der Waals surface area (Å²) >= 11 is 0. The number of hydrogen-bond acceptors (Lipinski definition) is 11. The molecule has 3 amide bonds. The van der Waals surface area contributed by atoms with Crippen molar-refractivity contribution in [1.82, 2.24) is 29.6 Å². The van der Waals surface area contributed by atoms with Gasteiger partial charge in [0.25, 0.3) is 11.5 Å². The first-order valence-corrected chi connectivity index (χ1v) is 19.5. The SMILES string of the molecule is COc1cc2c(-c3cc(O)c(CN4CCN(CCC5CCN(c6ccc7c(c6)CN(C6CCC(=O)NC6=O)C7=O)CC5)CC4)c(OC)c3)cn(C)c(=O)c2cn1. The van der Waals surface area contributed by atoms with Crippen LogP contribution in [0.3, 0.4) is 0 Å². The topological polar surface area (TPSA) is 150 Å². The average molecular weight is 764 g/mol. The molecule has 4 aliphatic heterocycles. The van der Waals surface area contributed by atoms with Crippen molar-refractivity contribution in [3.05, 3.63) is 75.8 Å². The zero-order chi connectivity index (χ0) is 39.1. The maximum Gasteiger partial charge on any atom is 0.259 e. The highest BCUT2D eigenvalue weighted by Gasteiger charge is 2.39. The average Bonchev–Trinajstić information content (AvgIpc) is 3.54. The van der Waals surface area contributed by atoms with Gasteiger partial charge in [0.1, 0.15) is 17.5 Å². The number of nitrogens with zero attached hydrogens (tertiary/aromatic N) is 6. The van der Waals surface area contributed by atoms with E-state index >= 15 is 0 Å². The van der Waals surface area contributed by atoms with Crippen molar-refractivity contribution in [3.63, 3.8) is 0 Å². The number of phenolic OH excluding ortho intramolecular Hbond substituents is 1. The Balaban J connectivity index is 0.825. The molecular formula is C42H49N7O7. The molecule has 0 spiro atoms. The third-order valence-corrected chi connectivity index (χ3v) is 12.2. The molecule has 1 unspecified atom stereocenters. The van der Waals surface area contributed by atoms with Crippen LogP contribution < -0.4 is 25.2 Å². The Kier molecular flexibility index (Phi) is 10.4. The summed E-state index contributed by atoms with van der Waals surface area (Å²) in [4.78, 5) is 63.2. The minimum atomic E-state index is -0.601. The molecule has 56 heavy (non-hydrogen) atoms. The fraction of sp³-hybridized carbons (Fsp3) is 0.452. The largest absolute Gasteiger partial charge is 0.507 e. The third-order valence-electron chi connectivity index (χ3n) is 12.2. The fourth-order valence-electron chi connectivity index (χ4n) is 8.81. The normalized spacial score (nSPS) is 19.8. The van der Waals surface area contributed by atoms with Gasteiger partial charge in [0.2, 0.25) is 17.7 Å². The van der Waals surface area contributed by atoms with Gasteiger partial charge in [-0.15, -0.1) is 0 Å². The van der Waals surface area contributed by atoms with Crippen LogP contribution in [0.2, 0.25) is 0 Å². The number of fused-ring (bicyclic) bond motifs is 2. The van der Waals surface area contributed by atoms with E-state index in [4.69, 9.17) is 9.47 Å². The van der Waals surface area contributed by atoms with Crippen LogP contribution in [-0.4, -0.2) is 113 Å². The fourth-order valence-corrected chi connectivity index (χ4v) is 8.81. The maximum atomic E-state index is 13.1. The lowest BCUT2D eigenvalue weighted by atomic mass is 9.92. The van der Waals surface area contributed by atoms with E-state index in [2.05, 4.69) is 31.1 Å². The predicted molar refractivity (Wildman–Crippen MR) is 211 cm³/mol. The lowest BCUT2D eigenvalue weighted by Crippen LogP contribution is -2.52. The van der Waals surface area contributed by atoms with Gasteiger partial charge in [-0.25, -0.2) is 4.98 Å². The molecule has 3 saturated heterocycles. The Morgan fingerprint density at radius 2 is 1.64 bits per heavy atom. The summed E-state index contributed by atoms with van der Waals surface area (Å²) < 4.78 is 12.7. The number of anilines is 1. The van der Waals surface area contributed by atoms with Crippen LogP contribution >= 0.6 is 0 Å². The summed E-state index contributed by atoms with van der Waals surface area (Å²) in [6, 6.07) is 10.8. The molecule has 14 heteroatoms. The summed E-state index contributed by atoms with van der Waals surface area (Å²) in [6.45, 7) is 7.67. The highest BCUT2D eigenvalue weighted by molar-refractivity contribution is 6.05. The summed E-state index contributed by atoms with van der Waals surface area (Å²) in [6.07, 6.45) is 7.30. The molecular weight excluding hydrogens is 715 g/mol. The molecule has 2 aromatic heterocycles. The molecule has 1 atom stereocenters. The van der Waals surface area contributed by atoms with Gasteiger partial charge in [-0.3, -0.25) is 29.4 Å². The number of ether oxygens (including phenoxy) is 2. The van der Waals surface area contributed by atoms with Gasteiger partial charge in [0.15, 0.2) is 0 Å². The van der Waals surface area contributed by atoms with Crippen LogP contribution in [0, 0.1) is 5.92 Å². The molecule has 8 rings (SSSR count). The summed E-state index contributed by atoms with van der Waals surface area (Å²) in [5.74, 6) is 1.00. The van der Waals surface area contributed by atoms with E-state index in [1.54, 1.807) is 37.4 Å². The number of methoxy groups -OCH3 is 2. The number of aromatic hydroxyl groups is 1. The molecule has 6 heterocycles. The number of benzene rings is 2. The Labute approximate surface area is 325 Å². The van der Waals surface area contributed by atoms with Crippen molar-refractivity contribution < 1.29 is 29.0 Å². The smallest absolute Gasteiger partial charge is 0.259 e. The number of rotatable bonds is 10. The van der Waals surface area contributed by atoms with Crippen molar-refractivity contribution in [2.75, 3.05) is 64.9 Å². The third kappa shape index (κ3) is 7.30. The van der Waals surface area contributed by atoms with E-state index in [0.717, 1.165) is 93.0 Å². The van der Waals surface area contributed by atoms with Gasteiger partial charge in [0.05, 0.1) is 19.6 Å². The standard InChI is InChI=1S/C42H49N7O7/c1-45-24-33(31-21-39(56-3)43-22-32(31)41(45)53)27-19-36(50)34(37(20-27)55-2)25-47-16-14-46(15-17-47)11-8-26-9-12-48(13-10-26)29-4-5-30-28(18-29)23-49(42(30)54)35-6-7-38(51)44-40(35)52/h4-5,18-22,24,26,35,50H,6-17,23,25H2,1-3H3,(H,44,51,52). The Morgan fingerprint density at radius 3 is 2.38 bits per heavy atom. The number of amides is 3. The molecule has 4 aromatic rings. The molecule has 2 N–H and O–H groups in total. The monoisotopic (exact) mass is 763 g/mol.